The Morgan fingerprint density at radius 2 is 1.77 bits per heavy atom. The highest BCUT2D eigenvalue weighted by Crippen LogP contribution is 2.19. The fraction of sp³-hybridized carbons (Fsp3) is 0.438. The Kier molecular flexibility index (Phi) is 6.30. The molecule has 0 aliphatic carbocycles. The van der Waals surface area contributed by atoms with Gasteiger partial charge in [-0.25, -0.2) is 21.6 Å². The highest BCUT2D eigenvalue weighted by Gasteiger charge is 2.30. The van der Waals surface area contributed by atoms with E-state index < -0.39 is 31.2 Å². The Labute approximate surface area is 153 Å². The molecule has 0 unspecified atom stereocenters. The highest BCUT2D eigenvalue weighted by atomic mass is 32.2. The summed E-state index contributed by atoms with van der Waals surface area (Å²) in [7, 11) is -6.67. The van der Waals surface area contributed by atoms with Gasteiger partial charge in [0.15, 0.2) is 9.84 Å². The number of sulfonamides is 1. The first-order valence-corrected chi connectivity index (χ1v) is 11.6. The van der Waals surface area contributed by atoms with Crippen LogP contribution in [-0.2, 0) is 19.9 Å². The van der Waals surface area contributed by atoms with Gasteiger partial charge in [-0.05, 0) is 30.5 Å². The summed E-state index contributed by atoms with van der Waals surface area (Å²) >= 11 is 0. The maximum atomic E-state index is 12.4. The lowest BCUT2D eigenvalue weighted by atomic mass is 10.1. The third kappa shape index (κ3) is 6.03. The molecule has 0 radical (unpaired) electrons. The van der Waals surface area contributed by atoms with Crippen molar-refractivity contribution in [3.63, 3.8) is 0 Å². The summed E-state index contributed by atoms with van der Waals surface area (Å²) in [5.74, 6) is -0.117. The summed E-state index contributed by atoms with van der Waals surface area (Å²) in [6.07, 6.45) is 3.89. The SMILES string of the molecule is CS(=O)(=O)Nc1ccc(C=CCS(=O)(=O)C2CCN(C(=O)O)CC2)cc1. The van der Waals surface area contributed by atoms with Crippen molar-refractivity contribution in [1.29, 1.82) is 0 Å². The first-order chi connectivity index (χ1) is 12.1. The molecule has 144 valence electrons. The van der Waals surface area contributed by atoms with Crippen molar-refractivity contribution >= 4 is 37.7 Å². The van der Waals surface area contributed by atoms with E-state index in [1.807, 2.05) is 0 Å². The molecule has 0 atom stereocenters. The van der Waals surface area contributed by atoms with Gasteiger partial charge in [-0.2, -0.15) is 0 Å². The average Bonchev–Trinajstić information content (AvgIpc) is 2.55. The number of carboxylic acid groups (broad SMARTS) is 1. The van der Waals surface area contributed by atoms with E-state index in [0.29, 0.717) is 18.5 Å². The summed E-state index contributed by atoms with van der Waals surface area (Å²) in [5.41, 5.74) is 1.18. The van der Waals surface area contributed by atoms with Gasteiger partial charge in [0.2, 0.25) is 10.0 Å². The number of hydrogen-bond donors (Lipinski definition) is 2. The molecule has 1 aromatic rings. The van der Waals surface area contributed by atoms with E-state index in [2.05, 4.69) is 4.72 Å². The lowest BCUT2D eigenvalue weighted by molar-refractivity contribution is 0.136. The predicted octanol–water partition coefficient (Wildman–Crippen LogP) is 1.63. The van der Waals surface area contributed by atoms with Gasteiger partial charge in [-0.15, -0.1) is 0 Å². The molecule has 0 spiro atoms. The van der Waals surface area contributed by atoms with Crippen LogP contribution >= 0.6 is 0 Å². The number of likely N-dealkylation sites (tertiary alicyclic amines) is 1. The molecule has 10 heteroatoms. The zero-order valence-electron chi connectivity index (χ0n) is 14.3. The van der Waals surface area contributed by atoms with Crippen molar-refractivity contribution in [2.45, 2.75) is 18.1 Å². The predicted molar refractivity (Wildman–Crippen MR) is 100 cm³/mol. The molecule has 1 aliphatic rings. The molecule has 1 fully saturated rings. The van der Waals surface area contributed by atoms with Crippen LogP contribution in [0.5, 0.6) is 0 Å². The minimum absolute atomic E-state index is 0.117. The number of nitrogens with one attached hydrogen (secondary N) is 1. The zero-order chi connectivity index (χ0) is 19.4. The van der Waals surface area contributed by atoms with Gasteiger partial charge in [0, 0.05) is 18.8 Å². The number of amides is 1. The van der Waals surface area contributed by atoms with Crippen LogP contribution in [0.25, 0.3) is 6.08 Å². The van der Waals surface area contributed by atoms with Gasteiger partial charge >= 0.3 is 6.09 Å². The van der Waals surface area contributed by atoms with Crippen LogP contribution in [0, 0.1) is 0 Å². The fourth-order valence-corrected chi connectivity index (χ4v) is 4.87. The number of sulfone groups is 1. The van der Waals surface area contributed by atoms with E-state index >= 15 is 0 Å². The third-order valence-electron chi connectivity index (χ3n) is 4.07. The molecule has 1 aromatic carbocycles. The van der Waals surface area contributed by atoms with Crippen LogP contribution in [0.2, 0.25) is 0 Å². The van der Waals surface area contributed by atoms with Crippen molar-refractivity contribution in [1.82, 2.24) is 4.90 Å². The van der Waals surface area contributed by atoms with Crippen molar-refractivity contribution in [3.05, 3.63) is 35.9 Å². The lowest BCUT2D eigenvalue weighted by Crippen LogP contribution is -2.42. The van der Waals surface area contributed by atoms with Gasteiger partial charge in [0.1, 0.15) is 0 Å². The number of carbonyl (C=O) groups is 1. The van der Waals surface area contributed by atoms with Gasteiger partial charge in [0.25, 0.3) is 0 Å². The number of benzene rings is 1. The summed E-state index contributed by atoms with van der Waals surface area (Å²) in [6.45, 7) is 0.468. The van der Waals surface area contributed by atoms with E-state index in [9.17, 15) is 21.6 Å². The second-order valence-electron chi connectivity index (χ2n) is 6.20. The van der Waals surface area contributed by atoms with Crippen molar-refractivity contribution in [2.24, 2.45) is 0 Å². The van der Waals surface area contributed by atoms with E-state index in [4.69, 9.17) is 5.11 Å². The van der Waals surface area contributed by atoms with Crippen LogP contribution in [0.3, 0.4) is 0 Å². The Balaban J connectivity index is 1.92. The molecule has 26 heavy (non-hydrogen) atoms. The maximum absolute atomic E-state index is 12.4. The third-order valence-corrected chi connectivity index (χ3v) is 6.82. The summed E-state index contributed by atoms with van der Waals surface area (Å²) in [6, 6.07) is 6.55. The van der Waals surface area contributed by atoms with E-state index in [0.717, 1.165) is 11.8 Å². The Morgan fingerprint density at radius 3 is 2.27 bits per heavy atom. The second-order valence-corrected chi connectivity index (χ2v) is 10.3. The minimum Gasteiger partial charge on any atom is -0.465 e. The van der Waals surface area contributed by atoms with Crippen molar-refractivity contribution < 1.29 is 26.7 Å². The van der Waals surface area contributed by atoms with Crippen LogP contribution in [0.1, 0.15) is 18.4 Å². The van der Waals surface area contributed by atoms with Crippen molar-refractivity contribution in [3.8, 4) is 0 Å². The number of anilines is 1. The highest BCUT2D eigenvalue weighted by molar-refractivity contribution is 7.92. The molecule has 0 bridgehead atoms. The number of rotatable bonds is 6. The number of nitrogens with zero attached hydrogens (tertiary/aromatic N) is 1. The maximum Gasteiger partial charge on any atom is 0.407 e. The van der Waals surface area contributed by atoms with Crippen LogP contribution in [0.15, 0.2) is 30.3 Å². The Hall–Kier alpha value is -2.07. The van der Waals surface area contributed by atoms with E-state index in [1.54, 1.807) is 36.4 Å². The average molecular weight is 402 g/mol. The molecule has 1 amide bonds. The van der Waals surface area contributed by atoms with Gasteiger partial charge < -0.3 is 10.0 Å². The second kappa shape index (κ2) is 8.09. The molecular weight excluding hydrogens is 380 g/mol. The summed E-state index contributed by atoms with van der Waals surface area (Å²) in [5, 5.41) is 8.38. The topological polar surface area (TPSA) is 121 Å². The van der Waals surface area contributed by atoms with Gasteiger partial charge in [-0.3, -0.25) is 4.72 Å². The van der Waals surface area contributed by atoms with Crippen LogP contribution in [0.4, 0.5) is 10.5 Å². The van der Waals surface area contributed by atoms with Crippen LogP contribution < -0.4 is 4.72 Å². The largest absolute Gasteiger partial charge is 0.465 e. The summed E-state index contributed by atoms with van der Waals surface area (Å²) < 4.78 is 49.4. The molecule has 0 saturated carbocycles. The van der Waals surface area contributed by atoms with E-state index in [1.165, 1.54) is 4.90 Å². The molecular formula is C16H22N2O6S2. The first kappa shape index (κ1) is 20.2. The lowest BCUT2D eigenvalue weighted by Gasteiger charge is -2.29. The van der Waals surface area contributed by atoms with Gasteiger partial charge in [-0.1, -0.05) is 24.3 Å². The fourth-order valence-electron chi connectivity index (χ4n) is 2.74. The van der Waals surface area contributed by atoms with E-state index in [-0.39, 0.29) is 18.8 Å². The first-order valence-electron chi connectivity index (χ1n) is 8.01. The molecule has 2 N–H and O–H groups in total. The number of piperidine rings is 1. The van der Waals surface area contributed by atoms with Crippen LogP contribution in [-0.4, -0.2) is 63.3 Å². The Morgan fingerprint density at radius 1 is 1.19 bits per heavy atom. The molecule has 0 aromatic heterocycles. The molecule has 1 aliphatic heterocycles. The minimum atomic E-state index is -3.34. The normalized spacial score (nSPS) is 16.7. The number of hydrogen-bond acceptors (Lipinski definition) is 5. The standard InChI is InChI=1S/C16H22N2O6S2/c1-25(21,22)17-14-6-4-13(5-7-14)3-2-12-26(23,24)15-8-10-18(11-9-15)16(19)20/h2-7,15,17H,8-12H2,1H3,(H,19,20). The zero-order valence-corrected chi connectivity index (χ0v) is 16.0. The van der Waals surface area contributed by atoms with Crippen molar-refractivity contribution in [2.75, 3.05) is 29.8 Å². The smallest absolute Gasteiger partial charge is 0.407 e. The molecule has 1 heterocycles. The Bertz CT molecular complexity index is 868. The monoisotopic (exact) mass is 402 g/mol. The quantitative estimate of drug-likeness (QED) is 0.746. The molecule has 8 nitrogen and oxygen atoms in total. The summed E-state index contributed by atoms with van der Waals surface area (Å²) in [4.78, 5) is 12.1. The molecule has 2 rings (SSSR count). The molecule has 1 saturated heterocycles. The van der Waals surface area contributed by atoms with Gasteiger partial charge in [0.05, 0.1) is 17.3 Å².